The second kappa shape index (κ2) is 6.13. The largest absolute Gasteiger partial charge is 0.493 e. The van der Waals surface area contributed by atoms with Crippen molar-refractivity contribution in [2.45, 2.75) is 19.3 Å². The maximum absolute atomic E-state index is 9.60. The monoisotopic (exact) mass is 257 g/mol. The topological polar surface area (TPSA) is 42.2 Å². The normalized spacial score (nSPS) is 13.1. The standard InChI is InChI=1S/C16H19NO2/c1-6-9-16(11-17,12(2)3)13-7-8-14(18-4)15(10-13)19-5/h7-10,12H,1H2,2-5H3. The summed E-state index contributed by atoms with van der Waals surface area (Å²) in [5.41, 5.74) is 2.82. The Labute approximate surface area is 114 Å². The van der Waals surface area contributed by atoms with Gasteiger partial charge in [-0.25, -0.2) is 0 Å². The predicted octanol–water partition coefficient (Wildman–Crippen LogP) is 3.46. The summed E-state index contributed by atoms with van der Waals surface area (Å²) >= 11 is 0. The third kappa shape index (κ3) is 2.65. The minimum Gasteiger partial charge on any atom is -0.493 e. The number of hydrogen-bond acceptors (Lipinski definition) is 3. The minimum absolute atomic E-state index is 0.0878. The van der Waals surface area contributed by atoms with Gasteiger partial charge in [0.2, 0.25) is 0 Å². The van der Waals surface area contributed by atoms with Crippen LogP contribution in [-0.4, -0.2) is 14.2 Å². The lowest BCUT2D eigenvalue weighted by Crippen LogP contribution is -2.28. The van der Waals surface area contributed by atoms with E-state index < -0.39 is 5.41 Å². The SMILES string of the molecule is C=C=CC(C#N)(c1ccc(OC)c(OC)c1)C(C)C. The Hall–Kier alpha value is -2.17. The maximum atomic E-state index is 9.60. The zero-order valence-corrected chi connectivity index (χ0v) is 11.9. The number of rotatable bonds is 5. The van der Waals surface area contributed by atoms with Crippen LogP contribution < -0.4 is 9.47 Å². The summed E-state index contributed by atoms with van der Waals surface area (Å²) in [5.74, 6) is 1.34. The Morgan fingerprint density at radius 1 is 1.26 bits per heavy atom. The van der Waals surface area contributed by atoms with Crippen LogP contribution in [0.4, 0.5) is 0 Å². The Morgan fingerprint density at radius 3 is 2.32 bits per heavy atom. The van der Waals surface area contributed by atoms with E-state index in [2.05, 4.69) is 18.4 Å². The Morgan fingerprint density at radius 2 is 1.89 bits per heavy atom. The molecule has 1 aromatic carbocycles. The molecule has 0 saturated carbocycles. The Kier molecular flexibility index (Phi) is 4.80. The maximum Gasteiger partial charge on any atom is 0.161 e. The Bertz CT molecular complexity index is 536. The van der Waals surface area contributed by atoms with Gasteiger partial charge in [-0.2, -0.15) is 5.26 Å². The number of nitriles is 1. The van der Waals surface area contributed by atoms with Crippen molar-refractivity contribution in [2.75, 3.05) is 14.2 Å². The summed E-state index contributed by atoms with van der Waals surface area (Å²) in [7, 11) is 3.16. The van der Waals surface area contributed by atoms with Crippen LogP contribution in [0.3, 0.4) is 0 Å². The van der Waals surface area contributed by atoms with Crippen molar-refractivity contribution < 1.29 is 9.47 Å². The van der Waals surface area contributed by atoms with Crippen molar-refractivity contribution in [1.29, 1.82) is 5.26 Å². The lowest BCUT2D eigenvalue weighted by Gasteiger charge is -2.27. The highest BCUT2D eigenvalue weighted by Gasteiger charge is 2.34. The van der Waals surface area contributed by atoms with Crippen LogP contribution in [0.15, 0.2) is 36.6 Å². The van der Waals surface area contributed by atoms with Crippen LogP contribution in [0.2, 0.25) is 0 Å². The van der Waals surface area contributed by atoms with E-state index in [9.17, 15) is 5.26 Å². The molecule has 0 N–H and O–H groups in total. The lowest BCUT2D eigenvalue weighted by atomic mass is 9.73. The molecule has 19 heavy (non-hydrogen) atoms. The van der Waals surface area contributed by atoms with Gasteiger partial charge >= 0.3 is 0 Å². The molecule has 1 unspecified atom stereocenters. The number of hydrogen-bond donors (Lipinski definition) is 0. The quantitative estimate of drug-likeness (QED) is 0.758. The van der Waals surface area contributed by atoms with Gasteiger partial charge in [0.05, 0.1) is 20.3 Å². The van der Waals surface area contributed by atoms with E-state index in [0.717, 1.165) is 5.56 Å². The molecule has 1 aromatic rings. The van der Waals surface area contributed by atoms with Gasteiger partial charge in [-0.1, -0.05) is 26.5 Å². The average Bonchev–Trinajstić information content (AvgIpc) is 2.43. The smallest absolute Gasteiger partial charge is 0.161 e. The van der Waals surface area contributed by atoms with Crippen molar-refractivity contribution in [3.63, 3.8) is 0 Å². The van der Waals surface area contributed by atoms with Gasteiger partial charge < -0.3 is 9.47 Å². The van der Waals surface area contributed by atoms with Crippen LogP contribution in [0.25, 0.3) is 0 Å². The number of ether oxygens (including phenoxy) is 2. The molecule has 0 spiro atoms. The van der Waals surface area contributed by atoms with Crippen LogP contribution in [0, 0.1) is 17.2 Å². The third-order valence-electron chi connectivity index (χ3n) is 3.29. The highest BCUT2D eigenvalue weighted by molar-refractivity contribution is 5.49. The van der Waals surface area contributed by atoms with Crippen LogP contribution >= 0.6 is 0 Å². The van der Waals surface area contributed by atoms with E-state index >= 15 is 0 Å². The molecule has 3 heteroatoms. The molecule has 0 aliphatic heterocycles. The minimum atomic E-state index is -0.763. The molecule has 0 bridgehead atoms. The van der Waals surface area contributed by atoms with Gasteiger partial charge in [0.1, 0.15) is 5.41 Å². The molecular weight excluding hydrogens is 238 g/mol. The van der Waals surface area contributed by atoms with Gasteiger partial charge in [-0.05, 0) is 29.7 Å². The summed E-state index contributed by atoms with van der Waals surface area (Å²) in [6.07, 6.45) is 1.71. The summed E-state index contributed by atoms with van der Waals surface area (Å²) in [6, 6.07) is 7.87. The van der Waals surface area contributed by atoms with Crippen LogP contribution in [-0.2, 0) is 5.41 Å². The van der Waals surface area contributed by atoms with Crippen LogP contribution in [0.1, 0.15) is 19.4 Å². The summed E-state index contributed by atoms with van der Waals surface area (Å²) in [6.45, 7) is 7.58. The molecule has 0 aromatic heterocycles. The molecule has 0 heterocycles. The van der Waals surface area contributed by atoms with Crippen LogP contribution in [0.5, 0.6) is 11.5 Å². The summed E-state index contributed by atoms with van der Waals surface area (Å²) < 4.78 is 10.5. The lowest BCUT2D eigenvalue weighted by molar-refractivity contribution is 0.353. The number of allylic oxidation sites excluding steroid dienone is 1. The molecular formula is C16H19NO2. The van der Waals surface area contributed by atoms with E-state index in [0.29, 0.717) is 11.5 Å². The molecule has 3 nitrogen and oxygen atoms in total. The van der Waals surface area contributed by atoms with Crippen molar-refractivity contribution in [2.24, 2.45) is 5.92 Å². The van der Waals surface area contributed by atoms with Crippen molar-refractivity contribution >= 4 is 0 Å². The molecule has 100 valence electrons. The molecule has 0 amide bonds. The van der Waals surface area contributed by atoms with E-state index in [-0.39, 0.29) is 5.92 Å². The van der Waals surface area contributed by atoms with Gasteiger partial charge in [0.25, 0.3) is 0 Å². The fourth-order valence-corrected chi connectivity index (χ4v) is 2.06. The zero-order valence-electron chi connectivity index (χ0n) is 11.9. The first-order valence-electron chi connectivity index (χ1n) is 6.06. The molecule has 1 rings (SSSR count). The molecule has 0 aliphatic rings. The first-order chi connectivity index (χ1) is 9.05. The number of nitrogens with zero attached hydrogens (tertiary/aromatic N) is 1. The first-order valence-corrected chi connectivity index (χ1v) is 6.06. The third-order valence-corrected chi connectivity index (χ3v) is 3.29. The number of methoxy groups -OCH3 is 2. The van der Waals surface area contributed by atoms with Gasteiger partial charge in [0, 0.05) is 0 Å². The molecule has 0 saturated heterocycles. The first kappa shape index (κ1) is 14.9. The van der Waals surface area contributed by atoms with Crippen molar-refractivity contribution in [3.8, 4) is 17.6 Å². The highest BCUT2D eigenvalue weighted by atomic mass is 16.5. The molecule has 0 fully saturated rings. The summed E-state index contributed by atoms with van der Waals surface area (Å²) in [4.78, 5) is 0. The van der Waals surface area contributed by atoms with Crippen molar-refractivity contribution in [3.05, 3.63) is 42.1 Å². The van der Waals surface area contributed by atoms with Gasteiger partial charge in [-0.3, -0.25) is 0 Å². The molecule has 1 atom stereocenters. The molecule has 0 aliphatic carbocycles. The second-order valence-corrected chi connectivity index (χ2v) is 4.55. The Balaban J connectivity index is 3.49. The zero-order chi connectivity index (χ0) is 14.5. The van der Waals surface area contributed by atoms with E-state index in [1.54, 1.807) is 26.4 Å². The molecule has 0 radical (unpaired) electrons. The summed E-state index contributed by atoms with van der Waals surface area (Å²) in [5, 5.41) is 9.60. The number of benzene rings is 1. The van der Waals surface area contributed by atoms with Crippen molar-refractivity contribution in [1.82, 2.24) is 0 Å². The van der Waals surface area contributed by atoms with E-state index in [1.807, 2.05) is 26.0 Å². The average molecular weight is 257 g/mol. The fraction of sp³-hybridized carbons (Fsp3) is 0.375. The highest BCUT2D eigenvalue weighted by Crippen LogP contribution is 2.38. The fourth-order valence-electron chi connectivity index (χ4n) is 2.06. The van der Waals surface area contributed by atoms with Gasteiger partial charge in [0.15, 0.2) is 11.5 Å². The van der Waals surface area contributed by atoms with E-state index in [4.69, 9.17) is 9.47 Å². The van der Waals surface area contributed by atoms with Gasteiger partial charge in [-0.15, -0.1) is 5.73 Å². The van der Waals surface area contributed by atoms with E-state index in [1.165, 1.54) is 0 Å². The second-order valence-electron chi connectivity index (χ2n) is 4.55. The predicted molar refractivity (Wildman–Crippen MR) is 75.4 cm³/mol.